The Kier molecular flexibility index (Phi) is 5.59. The molecule has 0 saturated carbocycles. The fourth-order valence-electron chi connectivity index (χ4n) is 1.89. The molecular formula is C18H15Br2N. The van der Waals surface area contributed by atoms with E-state index in [1.54, 1.807) is 6.08 Å². The number of hydrogen-bond acceptors (Lipinski definition) is 1. The van der Waals surface area contributed by atoms with Crippen LogP contribution in [0.4, 0.5) is 5.69 Å². The van der Waals surface area contributed by atoms with Crippen molar-refractivity contribution in [2.45, 2.75) is 0 Å². The smallest absolute Gasteiger partial charge is 0.0529 e. The van der Waals surface area contributed by atoms with Crippen molar-refractivity contribution in [3.05, 3.63) is 88.5 Å². The summed E-state index contributed by atoms with van der Waals surface area (Å²) in [6.45, 7) is 7.60. The van der Waals surface area contributed by atoms with Crippen LogP contribution in [0.15, 0.2) is 88.5 Å². The van der Waals surface area contributed by atoms with Crippen molar-refractivity contribution in [2.24, 2.45) is 0 Å². The summed E-state index contributed by atoms with van der Waals surface area (Å²) in [5.74, 6) is 0. The number of anilines is 1. The van der Waals surface area contributed by atoms with Gasteiger partial charge >= 0.3 is 0 Å². The number of halogens is 2. The maximum Gasteiger partial charge on any atom is 0.0529 e. The highest BCUT2D eigenvalue weighted by Crippen LogP contribution is 2.31. The Balaban J connectivity index is 2.30. The van der Waals surface area contributed by atoms with Crippen molar-refractivity contribution in [3.63, 3.8) is 0 Å². The lowest BCUT2D eigenvalue weighted by Crippen LogP contribution is -1.99. The van der Waals surface area contributed by atoms with E-state index in [1.807, 2.05) is 30.3 Å². The lowest BCUT2D eigenvalue weighted by Gasteiger charge is -2.12. The van der Waals surface area contributed by atoms with Crippen LogP contribution in [-0.2, 0) is 0 Å². The van der Waals surface area contributed by atoms with E-state index in [9.17, 15) is 0 Å². The number of hydrogen-bond donors (Lipinski definition) is 1. The quantitative estimate of drug-likeness (QED) is 0.560. The van der Waals surface area contributed by atoms with Gasteiger partial charge in [0, 0.05) is 8.96 Å². The van der Waals surface area contributed by atoms with E-state index in [0.29, 0.717) is 0 Å². The highest BCUT2D eigenvalue weighted by atomic mass is 79.9. The number of benzene rings is 2. The van der Waals surface area contributed by atoms with Crippen LogP contribution in [0.5, 0.6) is 0 Å². The lowest BCUT2D eigenvalue weighted by molar-refractivity contribution is 1.45. The first-order valence-electron chi connectivity index (χ1n) is 6.41. The molecule has 0 radical (unpaired) electrons. The molecule has 0 fully saturated rings. The monoisotopic (exact) mass is 403 g/mol. The van der Waals surface area contributed by atoms with Crippen LogP contribution in [0.1, 0.15) is 0 Å². The minimum atomic E-state index is 0.779. The zero-order valence-electron chi connectivity index (χ0n) is 11.4. The van der Waals surface area contributed by atoms with Crippen molar-refractivity contribution in [3.8, 4) is 11.1 Å². The molecule has 0 bridgehead atoms. The van der Waals surface area contributed by atoms with Crippen LogP contribution in [0, 0.1) is 0 Å². The van der Waals surface area contributed by atoms with Crippen molar-refractivity contribution in [2.75, 3.05) is 5.32 Å². The van der Waals surface area contributed by atoms with Crippen molar-refractivity contribution in [1.82, 2.24) is 0 Å². The Labute approximate surface area is 142 Å². The first-order valence-corrected chi connectivity index (χ1v) is 8.00. The molecule has 2 rings (SSSR count). The third-order valence-electron chi connectivity index (χ3n) is 2.92. The molecule has 21 heavy (non-hydrogen) atoms. The Morgan fingerprint density at radius 3 is 2.33 bits per heavy atom. The van der Waals surface area contributed by atoms with E-state index < -0.39 is 0 Å². The van der Waals surface area contributed by atoms with Gasteiger partial charge < -0.3 is 5.32 Å². The van der Waals surface area contributed by atoms with Crippen LogP contribution in [0.2, 0.25) is 0 Å². The molecule has 0 aliphatic carbocycles. The lowest BCUT2D eigenvalue weighted by atomic mass is 10.1. The predicted octanol–water partition coefficient (Wildman–Crippen LogP) is 6.51. The van der Waals surface area contributed by atoms with Gasteiger partial charge in [-0.3, -0.25) is 0 Å². The Bertz CT molecular complexity index is 688. The number of rotatable bonds is 5. The van der Waals surface area contributed by atoms with E-state index in [4.69, 9.17) is 0 Å². The summed E-state index contributed by atoms with van der Waals surface area (Å²) in [7, 11) is 0. The molecule has 0 atom stereocenters. The fourth-order valence-corrected chi connectivity index (χ4v) is 2.60. The minimum Gasteiger partial charge on any atom is -0.354 e. The predicted molar refractivity (Wildman–Crippen MR) is 99.5 cm³/mol. The molecular weight excluding hydrogens is 390 g/mol. The summed E-state index contributed by atoms with van der Waals surface area (Å²) < 4.78 is 1.77. The first-order chi connectivity index (χ1) is 10.1. The zero-order valence-corrected chi connectivity index (χ0v) is 14.6. The summed E-state index contributed by atoms with van der Waals surface area (Å²) in [6.07, 6.45) is 3.59. The maximum atomic E-state index is 3.89. The second kappa shape index (κ2) is 7.43. The topological polar surface area (TPSA) is 12.0 Å². The van der Waals surface area contributed by atoms with E-state index in [-0.39, 0.29) is 0 Å². The van der Waals surface area contributed by atoms with Crippen LogP contribution in [0.25, 0.3) is 11.1 Å². The molecule has 106 valence electrons. The normalized spacial score (nSPS) is 11.0. The van der Waals surface area contributed by atoms with E-state index in [1.165, 1.54) is 11.1 Å². The molecule has 0 amide bonds. The largest absolute Gasteiger partial charge is 0.354 e. The summed E-state index contributed by atoms with van der Waals surface area (Å²) in [4.78, 5) is 0. The molecule has 0 aliphatic rings. The highest BCUT2D eigenvalue weighted by Gasteiger charge is 2.06. The first kappa shape index (κ1) is 15.8. The van der Waals surface area contributed by atoms with Gasteiger partial charge in [0.15, 0.2) is 0 Å². The summed E-state index contributed by atoms with van der Waals surface area (Å²) in [5, 5.41) is 3.32. The second-order valence-corrected chi connectivity index (χ2v) is 6.22. The fraction of sp³-hybridized carbons (Fsp3) is 0. The molecule has 0 aromatic heterocycles. The Hall–Kier alpha value is -1.58. The van der Waals surface area contributed by atoms with E-state index >= 15 is 0 Å². The molecule has 2 aromatic carbocycles. The molecule has 3 heteroatoms. The minimum absolute atomic E-state index is 0.779. The molecule has 1 N–H and O–H groups in total. The van der Waals surface area contributed by atoms with Crippen LogP contribution in [0.3, 0.4) is 0 Å². The Morgan fingerprint density at radius 1 is 1.05 bits per heavy atom. The summed E-state index contributed by atoms with van der Waals surface area (Å²) in [6, 6.07) is 16.5. The standard InChI is InChI=1S/C18H15Br2N/c1-3-7-17(13(2)19)21-18-11-10-15(12-16(18)20)14-8-5-4-6-9-14/h3-12,21H,1-2H2/b17-7+. The van der Waals surface area contributed by atoms with Gasteiger partial charge in [0.25, 0.3) is 0 Å². The van der Waals surface area contributed by atoms with Crippen molar-refractivity contribution in [1.29, 1.82) is 0 Å². The average Bonchev–Trinajstić information content (AvgIpc) is 2.49. The third-order valence-corrected chi connectivity index (χ3v) is 4.01. The number of nitrogens with one attached hydrogen (secondary N) is 1. The van der Waals surface area contributed by atoms with Crippen molar-refractivity contribution >= 4 is 37.5 Å². The average molecular weight is 405 g/mol. The maximum absolute atomic E-state index is 3.89. The molecule has 0 saturated heterocycles. The van der Waals surface area contributed by atoms with Crippen molar-refractivity contribution < 1.29 is 0 Å². The van der Waals surface area contributed by atoms with Gasteiger partial charge in [0.05, 0.1) is 11.4 Å². The summed E-state index contributed by atoms with van der Waals surface area (Å²) >= 11 is 7.00. The van der Waals surface area contributed by atoms with Gasteiger partial charge in [0.1, 0.15) is 0 Å². The molecule has 0 aliphatic heterocycles. The van der Waals surface area contributed by atoms with E-state index in [0.717, 1.165) is 20.3 Å². The van der Waals surface area contributed by atoms with E-state index in [2.05, 4.69) is 74.6 Å². The van der Waals surface area contributed by atoms with Gasteiger partial charge in [0.2, 0.25) is 0 Å². The van der Waals surface area contributed by atoms with Gasteiger partial charge in [-0.1, -0.05) is 55.6 Å². The molecule has 0 heterocycles. The van der Waals surface area contributed by atoms with Gasteiger partial charge in [-0.25, -0.2) is 0 Å². The van der Waals surface area contributed by atoms with Crippen LogP contribution < -0.4 is 5.32 Å². The van der Waals surface area contributed by atoms with Gasteiger partial charge in [-0.2, -0.15) is 0 Å². The van der Waals surface area contributed by atoms with Crippen LogP contribution >= 0.6 is 31.9 Å². The SMILES string of the molecule is C=C/C=C(/Nc1ccc(-c2ccccc2)cc1Br)C(=C)Br. The van der Waals surface area contributed by atoms with Gasteiger partial charge in [-0.15, -0.1) is 0 Å². The molecule has 0 spiro atoms. The molecule has 2 aromatic rings. The third kappa shape index (κ3) is 4.19. The highest BCUT2D eigenvalue weighted by molar-refractivity contribution is 9.12. The van der Waals surface area contributed by atoms with Crippen LogP contribution in [-0.4, -0.2) is 0 Å². The molecule has 0 unspecified atom stereocenters. The Morgan fingerprint density at radius 2 is 1.76 bits per heavy atom. The van der Waals surface area contributed by atoms with Gasteiger partial charge in [-0.05, 0) is 61.2 Å². The molecule has 1 nitrogen and oxygen atoms in total. The summed E-state index contributed by atoms with van der Waals surface area (Å²) in [5.41, 5.74) is 4.21. The zero-order chi connectivity index (χ0) is 15.2. The second-order valence-electron chi connectivity index (χ2n) is 4.41. The number of allylic oxidation sites excluding steroid dienone is 3.